The van der Waals surface area contributed by atoms with Crippen molar-refractivity contribution in [2.24, 2.45) is 10.8 Å². The van der Waals surface area contributed by atoms with Gasteiger partial charge in [0.15, 0.2) is 0 Å². The number of nitrogens with zero attached hydrogens (tertiary/aromatic N) is 1. The van der Waals surface area contributed by atoms with E-state index in [1.165, 1.54) is 45.3 Å². The largest absolute Gasteiger partial charge is 0.319 e. The number of nitrogens with one attached hydrogen (secondary N) is 1. The minimum absolute atomic E-state index is 0.437. The van der Waals surface area contributed by atoms with Gasteiger partial charge in [0, 0.05) is 19.6 Å². The zero-order valence-corrected chi connectivity index (χ0v) is 12.6. The van der Waals surface area contributed by atoms with E-state index in [9.17, 15) is 0 Å². The van der Waals surface area contributed by atoms with E-state index in [1.807, 2.05) is 0 Å². The number of hydrogen-bond acceptors (Lipinski definition) is 2. The van der Waals surface area contributed by atoms with Crippen LogP contribution in [0.5, 0.6) is 0 Å². The number of hydrogen-bond donors (Lipinski definition) is 1. The first kappa shape index (κ1) is 15.0. The Hall–Kier alpha value is -0.0800. The average molecular weight is 240 g/mol. The summed E-state index contributed by atoms with van der Waals surface area (Å²) in [5.41, 5.74) is 1.06. The van der Waals surface area contributed by atoms with Crippen LogP contribution in [0.4, 0.5) is 0 Å². The van der Waals surface area contributed by atoms with Crippen molar-refractivity contribution in [3.8, 4) is 0 Å². The Morgan fingerprint density at radius 3 is 2.29 bits per heavy atom. The van der Waals surface area contributed by atoms with E-state index in [2.05, 4.69) is 45.0 Å². The van der Waals surface area contributed by atoms with E-state index in [1.54, 1.807) is 0 Å². The normalized spacial score (nSPS) is 23.8. The van der Waals surface area contributed by atoms with Crippen LogP contribution in [0.1, 0.15) is 53.4 Å². The molecule has 0 amide bonds. The third-order valence-electron chi connectivity index (χ3n) is 5.08. The van der Waals surface area contributed by atoms with Gasteiger partial charge in [0.1, 0.15) is 0 Å². The van der Waals surface area contributed by atoms with Crippen LogP contribution >= 0.6 is 0 Å². The lowest BCUT2D eigenvalue weighted by molar-refractivity contribution is 0.160. The van der Waals surface area contributed by atoms with Gasteiger partial charge in [-0.3, -0.25) is 0 Å². The Kier molecular flexibility index (Phi) is 5.46. The molecule has 1 heterocycles. The summed E-state index contributed by atoms with van der Waals surface area (Å²) in [7, 11) is 2.07. The lowest BCUT2D eigenvalue weighted by Crippen LogP contribution is -2.41. The lowest BCUT2D eigenvalue weighted by atomic mass is 9.81. The molecule has 0 radical (unpaired) electrons. The molecule has 0 aromatic carbocycles. The highest BCUT2D eigenvalue weighted by atomic mass is 15.2. The Balaban J connectivity index is 2.54. The highest BCUT2D eigenvalue weighted by Crippen LogP contribution is 2.38. The Labute approximate surface area is 108 Å². The van der Waals surface area contributed by atoms with Gasteiger partial charge >= 0.3 is 0 Å². The minimum atomic E-state index is 0.437. The smallest absolute Gasteiger partial charge is 0.00476 e. The number of likely N-dealkylation sites (tertiary alicyclic amines) is 1. The summed E-state index contributed by atoms with van der Waals surface area (Å²) in [6.07, 6.45) is 5.35. The second kappa shape index (κ2) is 6.19. The van der Waals surface area contributed by atoms with Crippen LogP contribution in [-0.2, 0) is 0 Å². The molecule has 1 rings (SSSR count). The van der Waals surface area contributed by atoms with Crippen molar-refractivity contribution in [1.29, 1.82) is 0 Å². The minimum Gasteiger partial charge on any atom is -0.319 e. The van der Waals surface area contributed by atoms with Gasteiger partial charge in [0.2, 0.25) is 0 Å². The summed E-state index contributed by atoms with van der Waals surface area (Å²) < 4.78 is 0. The number of rotatable bonds is 7. The van der Waals surface area contributed by atoms with Gasteiger partial charge in [-0.15, -0.1) is 0 Å². The van der Waals surface area contributed by atoms with Gasteiger partial charge in [-0.05, 0) is 50.1 Å². The van der Waals surface area contributed by atoms with E-state index < -0.39 is 0 Å². The van der Waals surface area contributed by atoms with E-state index in [0.717, 1.165) is 6.54 Å². The molecule has 0 saturated carbocycles. The van der Waals surface area contributed by atoms with E-state index in [0.29, 0.717) is 10.8 Å². The van der Waals surface area contributed by atoms with E-state index in [-0.39, 0.29) is 0 Å². The van der Waals surface area contributed by atoms with Crippen molar-refractivity contribution in [3.63, 3.8) is 0 Å². The fraction of sp³-hybridized carbons (Fsp3) is 1.00. The molecule has 1 fully saturated rings. The molecular weight excluding hydrogens is 208 g/mol. The molecule has 2 heteroatoms. The van der Waals surface area contributed by atoms with Crippen LogP contribution < -0.4 is 5.32 Å². The molecule has 1 saturated heterocycles. The van der Waals surface area contributed by atoms with Gasteiger partial charge in [-0.1, -0.05) is 27.7 Å². The van der Waals surface area contributed by atoms with E-state index >= 15 is 0 Å². The molecule has 0 aromatic heterocycles. The van der Waals surface area contributed by atoms with E-state index in [4.69, 9.17) is 0 Å². The highest BCUT2D eigenvalue weighted by Gasteiger charge is 2.37. The zero-order chi connectivity index (χ0) is 12.9. The van der Waals surface area contributed by atoms with Gasteiger partial charge in [-0.2, -0.15) is 0 Å². The first-order valence-electron chi connectivity index (χ1n) is 7.40. The first-order valence-corrected chi connectivity index (χ1v) is 7.40. The van der Waals surface area contributed by atoms with Crippen molar-refractivity contribution >= 4 is 0 Å². The maximum absolute atomic E-state index is 3.36. The van der Waals surface area contributed by atoms with Gasteiger partial charge in [-0.25, -0.2) is 0 Å². The van der Waals surface area contributed by atoms with Crippen molar-refractivity contribution in [2.75, 3.05) is 33.2 Å². The summed E-state index contributed by atoms with van der Waals surface area (Å²) >= 11 is 0. The van der Waals surface area contributed by atoms with Gasteiger partial charge < -0.3 is 10.2 Å². The third kappa shape index (κ3) is 3.69. The van der Waals surface area contributed by atoms with Crippen LogP contribution in [0.25, 0.3) is 0 Å². The molecule has 17 heavy (non-hydrogen) atoms. The van der Waals surface area contributed by atoms with Crippen molar-refractivity contribution < 1.29 is 0 Å². The molecular formula is C15H32N2. The first-order chi connectivity index (χ1) is 8.03. The molecule has 1 atom stereocenters. The maximum atomic E-state index is 3.36. The third-order valence-corrected chi connectivity index (χ3v) is 5.08. The highest BCUT2D eigenvalue weighted by molar-refractivity contribution is 4.90. The zero-order valence-electron chi connectivity index (χ0n) is 12.6. The van der Waals surface area contributed by atoms with Crippen LogP contribution in [0.2, 0.25) is 0 Å². The second-order valence-corrected chi connectivity index (χ2v) is 6.36. The SMILES string of the molecule is CCC(C)(CNC)CN1CCC(CC)(CC)C1. The summed E-state index contributed by atoms with van der Waals surface area (Å²) in [5, 5.41) is 3.36. The monoisotopic (exact) mass is 240 g/mol. The van der Waals surface area contributed by atoms with Gasteiger partial charge in [0.25, 0.3) is 0 Å². The Morgan fingerprint density at radius 1 is 1.24 bits per heavy atom. The van der Waals surface area contributed by atoms with Crippen molar-refractivity contribution in [3.05, 3.63) is 0 Å². The average Bonchev–Trinajstić information content (AvgIpc) is 2.73. The fourth-order valence-electron chi connectivity index (χ4n) is 3.25. The summed E-state index contributed by atoms with van der Waals surface area (Å²) in [5.74, 6) is 0. The Bertz CT molecular complexity index is 223. The molecule has 0 bridgehead atoms. The molecule has 1 N–H and O–H groups in total. The second-order valence-electron chi connectivity index (χ2n) is 6.36. The quantitative estimate of drug-likeness (QED) is 0.735. The standard InChI is InChI=1S/C15H32N2/c1-6-14(4,11-16-5)12-17-10-9-15(7-2,8-3)13-17/h16H,6-13H2,1-5H3. The van der Waals surface area contributed by atoms with Crippen LogP contribution in [0.3, 0.4) is 0 Å². The lowest BCUT2D eigenvalue weighted by Gasteiger charge is -2.34. The maximum Gasteiger partial charge on any atom is 0.00476 e. The summed E-state index contributed by atoms with van der Waals surface area (Å²) in [6.45, 7) is 14.5. The molecule has 0 aromatic rings. The molecule has 0 spiro atoms. The predicted molar refractivity (Wildman–Crippen MR) is 76.4 cm³/mol. The molecule has 0 aliphatic carbocycles. The summed E-state index contributed by atoms with van der Waals surface area (Å²) in [6, 6.07) is 0. The van der Waals surface area contributed by atoms with Crippen molar-refractivity contribution in [1.82, 2.24) is 10.2 Å². The molecule has 102 valence electrons. The molecule has 1 aliphatic heterocycles. The van der Waals surface area contributed by atoms with Crippen LogP contribution in [0.15, 0.2) is 0 Å². The topological polar surface area (TPSA) is 15.3 Å². The Morgan fingerprint density at radius 2 is 1.88 bits per heavy atom. The van der Waals surface area contributed by atoms with Crippen LogP contribution in [-0.4, -0.2) is 38.1 Å². The van der Waals surface area contributed by atoms with Crippen LogP contribution in [0, 0.1) is 10.8 Å². The predicted octanol–water partition coefficient (Wildman–Crippen LogP) is 3.13. The molecule has 1 aliphatic rings. The van der Waals surface area contributed by atoms with Gasteiger partial charge in [0.05, 0.1) is 0 Å². The summed E-state index contributed by atoms with van der Waals surface area (Å²) in [4.78, 5) is 2.70. The molecule has 1 unspecified atom stereocenters. The fourth-order valence-corrected chi connectivity index (χ4v) is 3.25. The molecule has 2 nitrogen and oxygen atoms in total. The van der Waals surface area contributed by atoms with Crippen molar-refractivity contribution in [2.45, 2.75) is 53.4 Å².